The first kappa shape index (κ1) is 24.3. The third kappa shape index (κ3) is 6.11. The smallest absolute Gasteiger partial charge is 0.293 e. The lowest BCUT2D eigenvalue weighted by Crippen LogP contribution is -2.29. The third-order valence-corrected chi connectivity index (χ3v) is 6.15. The van der Waals surface area contributed by atoms with Crippen LogP contribution >= 0.6 is 27.7 Å². The van der Waals surface area contributed by atoms with E-state index >= 15 is 0 Å². The molecule has 6 nitrogen and oxygen atoms in total. The summed E-state index contributed by atoms with van der Waals surface area (Å²) in [5, 5.41) is -0.294. The second-order valence-electron chi connectivity index (χ2n) is 6.85. The maximum absolute atomic E-state index is 13.1. The van der Waals surface area contributed by atoms with Crippen LogP contribution in [0.1, 0.15) is 24.5 Å². The standard InChI is InChI=1S/C23H23BrFNO5S/c1-3-30-19-11-16(12-21-22(27)26(23(28)32-21)9-4-10-29-2)18(24)13-20(19)31-14-15-5-7-17(25)8-6-15/h5-8,11-13H,3-4,9-10,14H2,1-2H3/b21-12+. The van der Waals surface area contributed by atoms with Crippen LogP contribution in [0.4, 0.5) is 9.18 Å². The fourth-order valence-corrected chi connectivity index (χ4v) is 4.28. The fourth-order valence-electron chi connectivity index (χ4n) is 2.99. The number of rotatable bonds is 10. The van der Waals surface area contributed by atoms with E-state index in [0.29, 0.717) is 52.6 Å². The highest BCUT2D eigenvalue weighted by Crippen LogP contribution is 2.38. The third-order valence-electron chi connectivity index (χ3n) is 4.56. The van der Waals surface area contributed by atoms with Crippen LogP contribution < -0.4 is 9.47 Å². The fraction of sp³-hybridized carbons (Fsp3) is 0.304. The molecular weight excluding hydrogens is 501 g/mol. The van der Waals surface area contributed by atoms with Gasteiger partial charge < -0.3 is 14.2 Å². The van der Waals surface area contributed by atoms with Crippen molar-refractivity contribution in [3.05, 3.63) is 62.7 Å². The van der Waals surface area contributed by atoms with Gasteiger partial charge in [0.1, 0.15) is 12.4 Å². The number of halogens is 2. The predicted octanol–water partition coefficient (Wildman–Crippen LogP) is 5.64. The molecule has 1 saturated heterocycles. The molecule has 0 spiro atoms. The normalized spacial score (nSPS) is 15.0. The number of hydrogen-bond acceptors (Lipinski definition) is 6. The van der Waals surface area contributed by atoms with Crippen molar-refractivity contribution >= 4 is 44.9 Å². The monoisotopic (exact) mass is 523 g/mol. The number of carbonyl (C=O) groups is 2. The Morgan fingerprint density at radius 2 is 1.84 bits per heavy atom. The SMILES string of the molecule is CCOc1cc(/C=C2/SC(=O)N(CCCOC)C2=O)c(Br)cc1OCc1ccc(F)cc1. The molecule has 0 radical (unpaired) electrons. The molecule has 2 amide bonds. The van der Waals surface area contributed by atoms with Gasteiger partial charge in [-0.3, -0.25) is 14.5 Å². The van der Waals surface area contributed by atoms with Crippen molar-refractivity contribution in [3.63, 3.8) is 0 Å². The summed E-state index contributed by atoms with van der Waals surface area (Å²) in [5.74, 6) is 0.382. The highest BCUT2D eigenvalue weighted by atomic mass is 79.9. The van der Waals surface area contributed by atoms with Crippen LogP contribution in [-0.2, 0) is 16.1 Å². The molecule has 0 unspecified atom stereocenters. The molecule has 0 aromatic heterocycles. The van der Waals surface area contributed by atoms with Gasteiger partial charge >= 0.3 is 0 Å². The van der Waals surface area contributed by atoms with Crippen molar-refractivity contribution in [2.75, 3.05) is 26.9 Å². The summed E-state index contributed by atoms with van der Waals surface area (Å²) in [6, 6.07) is 9.58. The van der Waals surface area contributed by atoms with E-state index in [2.05, 4.69) is 15.9 Å². The van der Waals surface area contributed by atoms with Gasteiger partial charge in [-0.2, -0.15) is 0 Å². The first-order valence-electron chi connectivity index (χ1n) is 10.0. The Kier molecular flexibility index (Phi) is 8.72. The minimum absolute atomic E-state index is 0.243. The Balaban J connectivity index is 1.80. The van der Waals surface area contributed by atoms with Crippen LogP contribution in [0.2, 0.25) is 0 Å². The summed E-state index contributed by atoms with van der Waals surface area (Å²) < 4.78 is 30.4. The highest BCUT2D eigenvalue weighted by molar-refractivity contribution is 9.10. The number of benzene rings is 2. The number of methoxy groups -OCH3 is 1. The summed E-state index contributed by atoms with van der Waals surface area (Å²) in [6.45, 7) is 3.31. The topological polar surface area (TPSA) is 65.1 Å². The van der Waals surface area contributed by atoms with E-state index in [-0.39, 0.29) is 23.6 Å². The van der Waals surface area contributed by atoms with Gasteiger partial charge in [-0.05, 0) is 66.6 Å². The molecular formula is C23H23BrFNO5S. The zero-order valence-corrected chi connectivity index (χ0v) is 20.1. The number of carbonyl (C=O) groups excluding carboxylic acids is 2. The van der Waals surface area contributed by atoms with Crippen LogP contribution in [0.25, 0.3) is 6.08 Å². The molecule has 9 heteroatoms. The van der Waals surface area contributed by atoms with Crippen molar-refractivity contribution in [1.82, 2.24) is 4.90 Å². The molecule has 32 heavy (non-hydrogen) atoms. The zero-order chi connectivity index (χ0) is 23.1. The van der Waals surface area contributed by atoms with E-state index in [1.807, 2.05) is 6.92 Å². The molecule has 2 aromatic rings. The molecule has 0 aliphatic carbocycles. The summed E-state index contributed by atoms with van der Waals surface area (Å²) in [7, 11) is 1.58. The Labute approximate surface area is 198 Å². The summed E-state index contributed by atoms with van der Waals surface area (Å²) in [4.78, 5) is 26.5. The molecule has 0 bridgehead atoms. The molecule has 0 atom stereocenters. The van der Waals surface area contributed by atoms with Gasteiger partial charge in [-0.15, -0.1) is 0 Å². The van der Waals surface area contributed by atoms with Gasteiger partial charge in [0, 0.05) is 24.7 Å². The number of ether oxygens (including phenoxy) is 3. The van der Waals surface area contributed by atoms with E-state index in [4.69, 9.17) is 14.2 Å². The largest absolute Gasteiger partial charge is 0.490 e. The van der Waals surface area contributed by atoms with Crippen LogP contribution in [-0.4, -0.2) is 42.9 Å². The Morgan fingerprint density at radius 1 is 1.12 bits per heavy atom. The van der Waals surface area contributed by atoms with E-state index in [0.717, 1.165) is 17.3 Å². The highest BCUT2D eigenvalue weighted by Gasteiger charge is 2.34. The Morgan fingerprint density at radius 3 is 2.53 bits per heavy atom. The number of amides is 2. The quantitative estimate of drug-likeness (QED) is 0.296. The average Bonchev–Trinajstić information content (AvgIpc) is 3.03. The molecule has 1 aliphatic rings. The lowest BCUT2D eigenvalue weighted by Gasteiger charge is -2.14. The lowest BCUT2D eigenvalue weighted by atomic mass is 10.1. The van der Waals surface area contributed by atoms with Gasteiger partial charge in [-0.1, -0.05) is 28.1 Å². The summed E-state index contributed by atoms with van der Waals surface area (Å²) >= 11 is 4.42. The van der Waals surface area contributed by atoms with Crippen LogP contribution in [0.3, 0.4) is 0 Å². The minimum atomic E-state index is -0.322. The number of imide groups is 1. The van der Waals surface area contributed by atoms with E-state index in [9.17, 15) is 14.0 Å². The number of nitrogens with zero attached hydrogens (tertiary/aromatic N) is 1. The van der Waals surface area contributed by atoms with Gasteiger partial charge in [0.15, 0.2) is 11.5 Å². The minimum Gasteiger partial charge on any atom is -0.490 e. The average molecular weight is 524 g/mol. The molecule has 0 N–H and O–H groups in total. The summed E-state index contributed by atoms with van der Waals surface area (Å²) in [6.07, 6.45) is 2.25. The van der Waals surface area contributed by atoms with Crippen molar-refractivity contribution in [3.8, 4) is 11.5 Å². The van der Waals surface area contributed by atoms with Crippen molar-refractivity contribution in [1.29, 1.82) is 0 Å². The first-order chi connectivity index (χ1) is 15.4. The van der Waals surface area contributed by atoms with Crippen LogP contribution in [0.15, 0.2) is 45.8 Å². The Bertz CT molecular complexity index is 1010. The molecule has 0 saturated carbocycles. The van der Waals surface area contributed by atoms with Crippen LogP contribution in [0, 0.1) is 5.82 Å². The zero-order valence-electron chi connectivity index (χ0n) is 17.7. The van der Waals surface area contributed by atoms with E-state index in [1.165, 1.54) is 17.0 Å². The Hall–Kier alpha value is -2.36. The molecule has 1 heterocycles. The van der Waals surface area contributed by atoms with Crippen molar-refractivity contribution in [2.45, 2.75) is 20.0 Å². The number of thioether (sulfide) groups is 1. The van der Waals surface area contributed by atoms with Crippen molar-refractivity contribution < 1.29 is 28.2 Å². The van der Waals surface area contributed by atoms with Crippen molar-refractivity contribution in [2.24, 2.45) is 0 Å². The number of hydrogen-bond donors (Lipinski definition) is 0. The molecule has 2 aromatic carbocycles. The van der Waals surface area contributed by atoms with Gasteiger partial charge in [0.25, 0.3) is 11.1 Å². The lowest BCUT2D eigenvalue weighted by molar-refractivity contribution is -0.122. The molecule has 170 valence electrons. The second kappa shape index (κ2) is 11.5. The van der Waals surface area contributed by atoms with E-state index < -0.39 is 0 Å². The second-order valence-corrected chi connectivity index (χ2v) is 8.70. The molecule has 1 fully saturated rings. The first-order valence-corrected chi connectivity index (χ1v) is 11.6. The van der Waals surface area contributed by atoms with Gasteiger partial charge in [0.05, 0.1) is 11.5 Å². The van der Waals surface area contributed by atoms with E-state index in [1.54, 1.807) is 37.5 Å². The summed E-state index contributed by atoms with van der Waals surface area (Å²) in [5.41, 5.74) is 1.50. The molecule has 3 rings (SSSR count). The predicted molar refractivity (Wildman–Crippen MR) is 125 cm³/mol. The van der Waals surface area contributed by atoms with Gasteiger partial charge in [-0.25, -0.2) is 4.39 Å². The van der Waals surface area contributed by atoms with Crippen LogP contribution in [0.5, 0.6) is 11.5 Å². The van der Waals surface area contributed by atoms with Gasteiger partial charge in [0.2, 0.25) is 0 Å². The maximum Gasteiger partial charge on any atom is 0.293 e. The molecule has 1 aliphatic heterocycles. The maximum atomic E-state index is 13.1.